The summed E-state index contributed by atoms with van der Waals surface area (Å²) in [5, 5.41) is 28.8. The van der Waals surface area contributed by atoms with Crippen LogP contribution in [0, 0.1) is 0 Å². The van der Waals surface area contributed by atoms with E-state index < -0.39 is 24.4 Å². The third-order valence-electron chi connectivity index (χ3n) is 5.25. The lowest BCUT2D eigenvalue weighted by molar-refractivity contribution is -0.208. The smallest absolute Gasteiger partial charge is 0.111 e. The van der Waals surface area contributed by atoms with Crippen LogP contribution in [0.5, 0.6) is 0 Å². The SMILES string of the molecule is CCCCCC/C=C/CCCCCCCCO[C@H]1CO[C@H](CO)[C@@H](O)[C@@H]1O. The second kappa shape index (κ2) is 16.5. The maximum Gasteiger partial charge on any atom is 0.111 e. The number of ether oxygens (including phenoxy) is 2. The van der Waals surface area contributed by atoms with Gasteiger partial charge in [0.25, 0.3) is 0 Å². The lowest BCUT2D eigenvalue weighted by Crippen LogP contribution is -2.55. The third kappa shape index (κ3) is 11.2. The molecule has 27 heavy (non-hydrogen) atoms. The van der Waals surface area contributed by atoms with Crippen molar-refractivity contribution in [3.8, 4) is 0 Å². The molecule has 0 bridgehead atoms. The highest BCUT2D eigenvalue weighted by Gasteiger charge is 2.38. The lowest BCUT2D eigenvalue weighted by atomic mass is 10.0. The molecule has 5 heteroatoms. The van der Waals surface area contributed by atoms with E-state index in [0.717, 1.165) is 12.8 Å². The van der Waals surface area contributed by atoms with Gasteiger partial charge in [-0.3, -0.25) is 0 Å². The minimum atomic E-state index is -1.08. The molecular formula is C22H42O5. The fraction of sp³-hybridized carbons (Fsp3) is 0.909. The molecule has 0 aromatic carbocycles. The number of allylic oxidation sites excluding steroid dienone is 2. The first-order chi connectivity index (χ1) is 13.2. The zero-order chi connectivity index (χ0) is 19.7. The highest BCUT2D eigenvalue weighted by molar-refractivity contribution is 4.87. The van der Waals surface area contributed by atoms with Crippen LogP contribution >= 0.6 is 0 Å². The van der Waals surface area contributed by atoms with Crippen LogP contribution in [0.1, 0.15) is 84.0 Å². The van der Waals surface area contributed by atoms with Crippen molar-refractivity contribution in [1.82, 2.24) is 0 Å². The molecule has 5 nitrogen and oxygen atoms in total. The monoisotopic (exact) mass is 386 g/mol. The number of unbranched alkanes of at least 4 members (excludes halogenated alkanes) is 10. The zero-order valence-corrected chi connectivity index (χ0v) is 17.2. The normalized spacial score (nSPS) is 26.1. The summed E-state index contributed by atoms with van der Waals surface area (Å²) in [6.07, 6.45) is 16.3. The Kier molecular flexibility index (Phi) is 15.0. The highest BCUT2D eigenvalue weighted by Crippen LogP contribution is 2.18. The second-order valence-electron chi connectivity index (χ2n) is 7.68. The van der Waals surface area contributed by atoms with Crippen molar-refractivity contribution in [3.05, 3.63) is 12.2 Å². The first kappa shape index (κ1) is 24.6. The molecule has 0 spiro atoms. The van der Waals surface area contributed by atoms with Gasteiger partial charge in [-0.05, 0) is 32.1 Å². The molecule has 1 saturated heterocycles. The average Bonchev–Trinajstić information content (AvgIpc) is 2.68. The molecule has 1 rings (SSSR count). The van der Waals surface area contributed by atoms with Gasteiger partial charge in [0.2, 0.25) is 0 Å². The summed E-state index contributed by atoms with van der Waals surface area (Å²) in [7, 11) is 0. The van der Waals surface area contributed by atoms with E-state index in [1.165, 1.54) is 64.2 Å². The van der Waals surface area contributed by atoms with Gasteiger partial charge in [0, 0.05) is 6.61 Å². The Hall–Kier alpha value is -0.460. The highest BCUT2D eigenvalue weighted by atomic mass is 16.6. The van der Waals surface area contributed by atoms with E-state index in [9.17, 15) is 10.2 Å². The van der Waals surface area contributed by atoms with Gasteiger partial charge in [-0.15, -0.1) is 0 Å². The maximum atomic E-state index is 9.98. The van der Waals surface area contributed by atoms with Gasteiger partial charge < -0.3 is 24.8 Å². The Morgan fingerprint density at radius 3 is 2.07 bits per heavy atom. The predicted octanol–water partition coefficient (Wildman–Crippen LogP) is 3.74. The predicted molar refractivity (Wildman–Crippen MR) is 109 cm³/mol. The molecule has 0 aromatic rings. The fourth-order valence-electron chi connectivity index (χ4n) is 3.39. The van der Waals surface area contributed by atoms with Crippen molar-refractivity contribution in [3.63, 3.8) is 0 Å². The van der Waals surface area contributed by atoms with Crippen LogP contribution in [0.3, 0.4) is 0 Å². The van der Waals surface area contributed by atoms with Crippen LogP contribution in [0.4, 0.5) is 0 Å². The minimum Gasteiger partial charge on any atom is -0.394 e. The molecule has 0 unspecified atom stereocenters. The molecule has 160 valence electrons. The average molecular weight is 387 g/mol. The number of hydrogen-bond acceptors (Lipinski definition) is 5. The molecule has 3 N–H and O–H groups in total. The zero-order valence-electron chi connectivity index (χ0n) is 17.2. The van der Waals surface area contributed by atoms with Crippen LogP contribution < -0.4 is 0 Å². The topological polar surface area (TPSA) is 79.2 Å². The largest absolute Gasteiger partial charge is 0.394 e. The Labute approximate surface area is 165 Å². The minimum absolute atomic E-state index is 0.218. The molecule has 0 aromatic heterocycles. The van der Waals surface area contributed by atoms with Crippen molar-refractivity contribution >= 4 is 0 Å². The van der Waals surface area contributed by atoms with Gasteiger partial charge in [-0.1, -0.05) is 64.0 Å². The third-order valence-corrected chi connectivity index (χ3v) is 5.25. The van der Waals surface area contributed by atoms with Gasteiger partial charge >= 0.3 is 0 Å². The Morgan fingerprint density at radius 1 is 0.852 bits per heavy atom. The number of rotatable bonds is 16. The van der Waals surface area contributed by atoms with Crippen molar-refractivity contribution in [2.45, 2.75) is 108 Å². The van der Waals surface area contributed by atoms with E-state index in [1.54, 1.807) is 0 Å². The van der Waals surface area contributed by atoms with Crippen LogP contribution in [-0.2, 0) is 9.47 Å². The summed E-state index contributed by atoms with van der Waals surface area (Å²) in [5.41, 5.74) is 0. The number of aliphatic hydroxyl groups excluding tert-OH is 3. The van der Waals surface area contributed by atoms with Crippen molar-refractivity contribution in [2.75, 3.05) is 19.8 Å². The van der Waals surface area contributed by atoms with E-state index >= 15 is 0 Å². The van der Waals surface area contributed by atoms with E-state index in [2.05, 4.69) is 19.1 Å². The van der Waals surface area contributed by atoms with Crippen LogP contribution in [0.2, 0.25) is 0 Å². The summed E-state index contributed by atoms with van der Waals surface area (Å²) >= 11 is 0. The number of aliphatic hydroxyl groups is 3. The summed E-state index contributed by atoms with van der Waals surface area (Å²) in [4.78, 5) is 0. The van der Waals surface area contributed by atoms with Crippen molar-refractivity contribution < 1.29 is 24.8 Å². The number of hydrogen-bond donors (Lipinski definition) is 3. The van der Waals surface area contributed by atoms with Gasteiger partial charge in [-0.2, -0.15) is 0 Å². The molecule has 0 saturated carbocycles. The van der Waals surface area contributed by atoms with Crippen LogP contribution in [0.15, 0.2) is 12.2 Å². The summed E-state index contributed by atoms with van der Waals surface area (Å²) in [6, 6.07) is 0. The van der Waals surface area contributed by atoms with Crippen LogP contribution in [-0.4, -0.2) is 59.6 Å². The van der Waals surface area contributed by atoms with Crippen molar-refractivity contribution in [1.29, 1.82) is 0 Å². The van der Waals surface area contributed by atoms with E-state index in [1.807, 2.05) is 0 Å². The molecule has 0 amide bonds. The summed E-state index contributed by atoms with van der Waals surface area (Å²) in [6.45, 7) is 2.75. The van der Waals surface area contributed by atoms with Crippen LogP contribution in [0.25, 0.3) is 0 Å². The van der Waals surface area contributed by atoms with E-state index in [0.29, 0.717) is 6.61 Å². The second-order valence-corrected chi connectivity index (χ2v) is 7.68. The van der Waals surface area contributed by atoms with E-state index in [-0.39, 0.29) is 13.2 Å². The summed E-state index contributed by atoms with van der Waals surface area (Å²) < 4.78 is 10.9. The molecular weight excluding hydrogens is 344 g/mol. The van der Waals surface area contributed by atoms with Gasteiger partial charge in [-0.25, -0.2) is 0 Å². The lowest BCUT2D eigenvalue weighted by Gasteiger charge is -2.36. The van der Waals surface area contributed by atoms with E-state index in [4.69, 9.17) is 14.6 Å². The molecule has 1 heterocycles. The first-order valence-electron chi connectivity index (χ1n) is 11.1. The van der Waals surface area contributed by atoms with Crippen molar-refractivity contribution in [2.24, 2.45) is 0 Å². The summed E-state index contributed by atoms with van der Waals surface area (Å²) in [5.74, 6) is 0. The van der Waals surface area contributed by atoms with Gasteiger partial charge in [0.1, 0.15) is 24.4 Å². The maximum absolute atomic E-state index is 9.98. The molecule has 1 aliphatic heterocycles. The molecule has 0 radical (unpaired) electrons. The van der Waals surface area contributed by atoms with Gasteiger partial charge in [0.15, 0.2) is 0 Å². The first-order valence-corrected chi connectivity index (χ1v) is 11.1. The Balaban J connectivity index is 1.87. The molecule has 4 atom stereocenters. The molecule has 0 aliphatic carbocycles. The van der Waals surface area contributed by atoms with Gasteiger partial charge in [0.05, 0.1) is 13.2 Å². The fourth-order valence-corrected chi connectivity index (χ4v) is 3.39. The Bertz CT molecular complexity index is 361. The standard InChI is InChI=1S/C22H42O5/c1-2-3-4-5-6-7-8-9-10-11-12-13-14-15-16-26-20-18-27-19(17-23)21(24)22(20)25/h7-8,19-25H,2-6,9-18H2,1H3/b8-7+/t19-,20+,21-,22-/m1/s1. The molecule has 1 fully saturated rings. The molecule has 1 aliphatic rings. The quantitative estimate of drug-likeness (QED) is 0.278. The Morgan fingerprint density at radius 2 is 1.44 bits per heavy atom.